The van der Waals surface area contributed by atoms with Crippen LogP contribution in [0.15, 0.2) is 188 Å². The molecule has 0 saturated heterocycles. The van der Waals surface area contributed by atoms with Crippen LogP contribution in [0.25, 0.3) is 61.0 Å². The van der Waals surface area contributed by atoms with E-state index in [9.17, 15) is 14.3 Å². The highest BCUT2D eigenvalue weighted by molar-refractivity contribution is 6.09. The molecule has 8 aromatic carbocycles. The number of nitrogens with zero attached hydrogens (tertiary/aromatic N) is 4. The summed E-state index contributed by atoms with van der Waals surface area (Å²) in [6.45, 7) is 19.0. The lowest BCUT2D eigenvalue weighted by atomic mass is 9.82. The Morgan fingerprint density at radius 1 is 0.479 bits per heavy atom. The number of ether oxygens (including phenoxy) is 1. The molecular formula is C66H60F2N4O. The minimum absolute atomic E-state index is 0.0955. The van der Waals surface area contributed by atoms with Crippen molar-refractivity contribution in [2.24, 2.45) is 0 Å². The molecule has 3 heterocycles. The average Bonchev–Trinajstić information content (AvgIpc) is 3.97. The second kappa shape index (κ2) is 17.9. The van der Waals surface area contributed by atoms with Crippen LogP contribution in [-0.4, -0.2) is 16.2 Å². The Bertz CT molecular complexity index is 3870. The molecule has 0 spiro atoms. The zero-order valence-corrected chi connectivity index (χ0v) is 42.7. The molecule has 0 bridgehead atoms. The smallest absolute Gasteiger partial charge is 0.137 e. The summed E-state index contributed by atoms with van der Waals surface area (Å²) in [4.78, 5) is 9.28. The summed E-state index contributed by atoms with van der Waals surface area (Å²) < 4.78 is 76.2. The number of hydrogen-bond donors (Lipinski definition) is 0. The summed E-state index contributed by atoms with van der Waals surface area (Å²) in [5.74, 6) is 1.03. The average molecular weight is 967 g/mol. The van der Waals surface area contributed by atoms with Gasteiger partial charge >= 0.3 is 0 Å². The van der Waals surface area contributed by atoms with Gasteiger partial charge in [-0.3, -0.25) is 4.57 Å². The van der Waals surface area contributed by atoms with Crippen LogP contribution in [0.4, 0.5) is 31.5 Å². The minimum Gasteiger partial charge on any atom is -0.457 e. The molecule has 5 nitrogen and oxygen atoms in total. The lowest BCUT2D eigenvalue weighted by molar-refractivity contribution is 0.483. The van der Waals surface area contributed by atoms with Gasteiger partial charge in [0.25, 0.3) is 0 Å². The third-order valence-electron chi connectivity index (χ3n) is 13.9. The molecule has 0 amide bonds. The van der Waals surface area contributed by atoms with Crippen LogP contribution in [0, 0.1) is 11.6 Å². The Morgan fingerprint density at radius 3 is 1.67 bits per heavy atom. The van der Waals surface area contributed by atoms with Gasteiger partial charge in [0.15, 0.2) is 0 Å². The van der Waals surface area contributed by atoms with E-state index in [1.807, 2.05) is 81.6 Å². The lowest BCUT2D eigenvalue weighted by Crippen LogP contribution is -2.25. The van der Waals surface area contributed by atoms with Crippen molar-refractivity contribution in [3.05, 3.63) is 216 Å². The van der Waals surface area contributed by atoms with Gasteiger partial charge in [0.05, 0.1) is 33.6 Å². The van der Waals surface area contributed by atoms with Gasteiger partial charge in [-0.2, -0.15) is 0 Å². The zero-order valence-electron chi connectivity index (χ0n) is 46.7. The molecule has 0 fully saturated rings. The van der Waals surface area contributed by atoms with Crippen molar-refractivity contribution < 1.29 is 19.0 Å². The third kappa shape index (κ3) is 9.03. The topological polar surface area (TPSA) is 33.5 Å². The number of rotatable bonds is 8. The van der Waals surface area contributed by atoms with E-state index >= 15 is 0 Å². The monoisotopic (exact) mass is 966 g/mol. The van der Waals surface area contributed by atoms with E-state index in [0.29, 0.717) is 28.3 Å². The van der Waals surface area contributed by atoms with Crippen LogP contribution in [0.1, 0.15) is 84.5 Å². The first-order valence-electron chi connectivity index (χ1n) is 26.8. The van der Waals surface area contributed by atoms with E-state index in [4.69, 9.17) is 9.72 Å². The highest BCUT2D eigenvalue weighted by Crippen LogP contribution is 2.52. The molecule has 11 rings (SSSR count). The second-order valence-electron chi connectivity index (χ2n) is 22.2. The largest absolute Gasteiger partial charge is 0.457 e. The van der Waals surface area contributed by atoms with Gasteiger partial charge < -0.3 is 14.5 Å². The fourth-order valence-corrected chi connectivity index (χ4v) is 9.86. The predicted molar refractivity (Wildman–Crippen MR) is 299 cm³/mol. The molecular weight excluding hydrogens is 903 g/mol. The molecule has 2 aromatic heterocycles. The maximum absolute atomic E-state index is 14.7. The Balaban J connectivity index is 1.12. The summed E-state index contributed by atoms with van der Waals surface area (Å²) in [6.07, 6.45) is 1.86. The van der Waals surface area contributed by atoms with Crippen LogP contribution < -0.4 is 14.5 Å². The summed E-state index contributed by atoms with van der Waals surface area (Å²) in [7, 11) is 0. The molecule has 0 radical (unpaired) electrons. The number of hydrogen-bond acceptors (Lipinski definition) is 4. The summed E-state index contributed by atoms with van der Waals surface area (Å²) >= 11 is 0. The molecule has 73 heavy (non-hydrogen) atoms. The normalized spacial score (nSPS) is 13.8. The van der Waals surface area contributed by atoms with Crippen molar-refractivity contribution in [1.29, 1.82) is 0 Å². The van der Waals surface area contributed by atoms with E-state index in [1.165, 1.54) is 24.3 Å². The molecule has 364 valence electrons. The standard InChI is InChI=1S/C66H60F2N4O/c1-64(2,3)46-24-18-42(19-25-46)45-34-51(39-53(35-45)73-52-30-31-55-54-14-10-11-15-58(54)72(61(55)40-52)62-38-47(32-33-69-62)65(4,5)6)70-41-71(60-17-13-12-16-59(60)70)63-56(43-20-26-49(67)27-21-43)36-48(66(7,8)9)37-57(63)44-22-28-50(68)29-23-44/h10-40H,41H2,1-9H3/i18D,19D,24D,25D. The van der Waals surface area contributed by atoms with Crippen LogP contribution in [0.3, 0.4) is 0 Å². The second-order valence-corrected chi connectivity index (χ2v) is 22.2. The number of anilines is 4. The molecule has 0 saturated carbocycles. The van der Waals surface area contributed by atoms with Gasteiger partial charge in [0.1, 0.15) is 35.6 Å². The first-order valence-corrected chi connectivity index (χ1v) is 24.8. The Kier molecular flexibility index (Phi) is 10.5. The highest BCUT2D eigenvalue weighted by atomic mass is 19.1. The van der Waals surface area contributed by atoms with Crippen LogP contribution in [-0.2, 0) is 16.2 Å². The molecule has 7 heteroatoms. The number of para-hydroxylation sites is 3. The lowest BCUT2D eigenvalue weighted by Gasteiger charge is -2.30. The van der Waals surface area contributed by atoms with Crippen LogP contribution in [0.5, 0.6) is 11.5 Å². The highest BCUT2D eigenvalue weighted by Gasteiger charge is 2.33. The molecule has 0 N–H and O–H groups in total. The van der Waals surface area contributed by atoms with Gasteiger partial charge in [0, 0.05) is 45.9 Å². The molecule has 0 unspecified atom stereocenters. The fraction of sp³-hybridized carbons (Fsp3) is 0.197. The van der Waals surface area contributed by atoms with Crippen LogP contribution in [0.2, 0.25) is 0 Å². The SMILES string of the molecule is [2H]c1c([2H])c(C(C)(C)C)c([2H])c([2H])c1-c1cc(Oc2ccc3c4ccccc4n(-c4cc(C(C)(C)C)ccn4)c3c2)cc(N2CN(c3c(-c4ccc(F)cc4)cc(C(C)(C)C)cc3-c3ccc(F)cc3)c3ccccc32)c1. The number of fused-ring (bicyclic) bond motifs is 4. The molecule has 10 aromatic rings. The summed E-state index contributed by atoms with van der Waals surface area (Å²) in [5.41, 5.74) is 10.5. The number of aromatic nitrogens is 2. The van der Waals surface area contributed by atoms with Crippen molar-refractivity contribution in [3.63, 3.8) is 0 Å². The Hall–Kier alpha value is -8.03. The van der Waals surface area contributed by atoms with Crippen molar-refractivity contribution in [3.8, 4) is 50.7 Å². The van der Waals surface area contributed by atoms with Gasteiger partial charge in [-0.1, -0.05) is 141 Å². The Morgan fingerprint density at radius 2 is 1.05 bits per heavy atom. The molecule has 1 aliphatic rings. The first kappa shape index (κ1) is 42.6. The first-order chi connectivity index (χ1) is 36.5. The van der Waals surface area contributed by atoms with Gasteiger partial charge in [-0.25, -0.2) is 13.8 Å². The van der Waals surface area contributed by atoms with E-state index in [1.54, 1.807) is 30.3 Å². The Labute approximate surface area is 433 Å². The number of pyridine rings is 1. The maximum Gasteiger partial charge on any atom is 0.137 e. The molecule has 1 aliphatic heterocycles. The molecule has 0 aliphatic carbocycles. The fourth-order valence-electron chi connectivity index (χ4n) is 9.86. The predicted octanol–water partition coefficient (Wildman–Crippen LogP) is 18.4. The summed E-state index contributed by atoms with van der Waals surface area (Å²) in [6, 6.07) is 49.1. The van der Waals surface area contributed by atoms with E-state index < -0.39 is 5.41 Å². The third-order valence-corrected chi connectivity index (χ3v) is 13.9. The van der Waals surface area contributed by atoms with Crippen molar-refractivity contribution in [2.45, 2.75) is 78.6 Å². The van der Waals surface area contributed by atoms with E-state index in [2.05, 4.69) is 104 Å². The summed E-state index contributed by atoms with van der Waals surface area (Å²) in [5, 5.41) is 2.09. The van der Waals surface area contributed by atoms with Gasteiger partial charge in [-0.05, 0) is 146 Å². The maximum atomic E-state index is 14.7. The molecule has 0 atom stereocenters. The van der Waals surface area contributed by atoms with Crippen molar-refractivity contribution in [2.75, 3.05) is 16.5 Å². The van der Waals surface area contributed by atoms with Gasteiger partial charge in [0.2, 0.25) is 0 Å². The van der Waals surface area contributed by atoms with Crippen molar-refractivity contribution in [1.82, 2.24) is 9.55 Å². The number of halogens is 2. The van der Waals surface area contributed by atoms with E-state index in [-0.39, 0.29) is 58.9 Å². The van der Waals surface area contributed by atoms with Gasteiger partial charge in [-0.15, -0.1) is 0 Å². The van der Waals surface area contributed by atoms with Crippen molar-refractivity contribution >= 4 is 44.6 Å². The van der Waals surface area contributed by atoms with Crippen LogP contribution >= 0.6 is 0 Å². The zero-order chi connectivity index (χ0) is 54.5. The number of benzene rings is 8. The quantitative estimate of drug-likeness (QED) is 0.152. The minimum atomic E-state index is -0.660. The van der Waals surface area contributed by atoms with E-state index in [0.717, 1.165) is 78.1 Å².